The number of carbonyl (C=O) groups is 1. The molecular weight excluding hydrogens is 381 g/mol. The molecule has 6 heteroatoms. The van der Waals surface area contributed by atoms with E-state index in [4.69, 9.17) is 4.74 Å². The summed E-state index contributed by atoms with van der Waals surface area (Å²) >= 11 is 0. The quantitative estimate of drug-likeness (QED) is 0.629. The summed E-state index contributed by atoms with van der Waals surface area (Å²) in [6.45, 7) is 8.27. The number of methoxy groups -OCH3 is 1. The molecule has 1 saturated heterocycles. The summed E-state index contributed by atoms with van der Waals surface area (Å²) in [6, 6.07) is 11.1. The minimum atomic E-state index is -0.207. The molecule has 2 aromatic rings. The van der Waals surface area contributed by atoms with Crippen molar-refractivity contribution in [2.75, 3.05) is 39.9 Å². The molecule has 164 valence electrons. The first-order valence-electron chi connectivity index (χ1n) is 10.7. The maximum absolute atomic E-state index is 14.0. The van der Waals surface area contributed by atoms with Crippen LogP contribution in [0, 0.1) is 17.7 Å². The molecule has 0 radical (unpaired) electrons. The number of aryl methyl sites for hydroxylation is 1. The number of ether oxygens (including phenoxy) is 1. The highest BCUT2D eigenvalue weighted by Crippen LogP contribution is 2.34. The topological polar surface area (TPSA) is 37.7 Å². The minimum absolute atomic E-state index is 0.0186. The molecule has 0 unspecified atom stereocenters. The van der Waals surface area contributed by atoms with Crippen LogP contribution < -0.4 is 0 Å². The third-order valence-electron chi connectivity index (χ3n) is 5.89. The number of hydrogen-bond acceptors (Lipinski definition) is 3. The van der Waals surface area contributed by atoms with Gasteiger partial charge in [0.05, 0.1) is 0 Å². The fourth-order valence-corrected chi connectivity index (χ4v) is 4.50. The van der Waals surface area contributed by atoms with E-state index < -0.39 is 0 Å². The van der Waals surface area contributed by atoms with Crippen LogP contribution in [0.4, 0.5) is 4.39 Å². The number of nitrogens with zero attached hydrogens (tertiary/aromatic N) is 3. The Balaban J connectivity index is 1.81. The van der Waals surface area contributed by atoms with Gasteiger partial charge in [-0.1, -0.05) is 26.0 Å². The van der Waals surface area contributed by atoms with E-state index in [2.05, 4.69) is 48.7 Å². The SMILES string of the molecule is COCC(=O)N(CC(C)C)C[C@H]1CN(Cc2cccn2C)C[C@H]1c1cccc(F)c1. The Morgan fingerprint density at radius 3 is 2.70 bits per heavy atom. The van der Waals surface area contributed by atoms with Crippen LogP contribution in [0.25, 0.3) is 0 Å². The van der Waals surface area contributed by atoms with Crippen LogP contribution in [0.2, 0.25) is 0 Å². The van der Waals surface area contributed by atoms with Crippen molar-refractivity contribution in [3.63, 3.8) is 0 Å². The van der Waals surface area contributed by atoms with Crippen LogP contribution >= 0.6 is 0 Å². The second-order valence-electron chi connectivity index (χ2n) is 8.85. The van der Waals surface area contributed by atoms with Crippen LogP contribution in [0.1, 0.15) is 31.0 Å². The smallest absolute Gasteiger partial charge is 0.248 e. The Morgan fingerprint density at radius 1 is 1.27 bits per heavy atom. The zero-order valence-electron chi connectivity index (χ0n) is 18.6. The summed E-state index contributed by atoms with van der Waals surface area (Å²) in [5.41, 5.74) is 2.27. The number of rotatable bonds is 9. The van der Waals surface area contributed by atoms with Gasteiger partial charge in [0.1, 0.15) is 12.4 Å². The first-order chi connectivity index (χ1) is 14.4. The third-order valence-corrected chi connectivity index (χ3v) is 5.89. The van der Waals surface area contributed by atoms with E-state index in [1.165, 1.54) is 11.8 Å². The molecule has 1 amide bonds. The lowest BCUT2D eigenvalue weighted by Gasteiger charge is -2.30. The van der Waals surface area contributed by atoms with Gasteiger partial charge in [0.25, 0.3) is 0 Å². The van der Waals surface area contributed by atoms with E-state index in [1.54, 1.807) is 19.2 Å². The number of carbonyl (C=O) groups excluding carboxylic acids is 1. The Bertz CT molecular complexity index is 835. The zero-order valence-corrected chi connectivity index (χ0v) is 18.6. The molecule has 1 aromatic carbocycles. The fraction of sp³-hybridized carbons (Fsp3) is 0.542. The molecule has 0 N–H and O–H groups in total. The molecule has 3 rings (SSSR count). The molecule has 2 heterocycles. The van der Waals surface area contributed by atoms with Gasteiger partial charge >= 0.3 is 0 Å². The first-order valence-corrected chi connectivity index (χ1v) is 10.7. The lowest BCUT2D eigenvalue weighted by atomic mass is 9.88. The molecule has 1 aliphatic heterocycles. The van der Waals surface area contributed by atoms with Gasteiger partial charge in [0, 0.05) is 64.7 Å². The maximum atomic E-state index is 14.0. The number of benzene rings is 1. The summed E-state index contributed by atoms with van der Waals surface area (Å²) in [5, 5.41) is 0. The van der Waals surface area contributed by atoms with E-state index in [0.717, 1.165) is 25.2 Å². The zero-order chi connectivity index (χ0) is 21.7. The van der Waals surface area contributed by atoms with Crippen molar-refractivity contribution in [2.24, 2.45) is 18.9 Å². The van der Waals surface area contributed by atoms with Gasteiger partial charge in [-0.3, -0.25) is 9.69 Å². The van der Waals surface area contributed by atoms with Crippen molar-refractivity contribution < 1.29 is 13.9 Å². The number of likely N-dealkylation sites (tertiary alicyclic amines) is 1. The molecule has 5 nitrogen and oxygen atoms in total. The highest BCUT2D eigenvalue weighted by molar-refractivity contribution is 5.77. The van der Waals surface area contributed by atoms with Crippen LogP contribution in [-0.2, 0) is 23.1 Å². The molecule has 30 heavy (non-hydrogen) atoms. The Morgan fingerprint density at radius 2 is 2.07 bits per heavy atom. The molecule has 0 spiro atoms. The predicted molar refractivity (Wildman–Crippen MR) is 117 cm³/mol. The standard InChI is InChI=1S/C24H34FN3O2/c1-18(2)12-28(24(29)17-30-4)14-20-13-27(15-22-9-6-10-26(22)3)16-23(20)19-7-5-8-21(25)11-19/h5-11,18,20,23H,12-17H2,1-4H3/t20-,23+/m1/s1. The van der Waals surface area contributed by atoms with Crippen molar-refractivity contribution >= 4 is 5.91 Å². The van der Waals surface area contributed by atoms with Gasteiger partial charge in [0.2, 0.25) is 5.91 Å². The van der Waals surface area contributed by atoms with Crippen LogP contribution in [-0.4, -0.2) is 60.2 Å². The van der Waals surface area contributed by atoms with E-state index in [-0.39, 0.29) is 30.2 Å². The molecule has 0 bridgehead atoms. The van der Waals surface area contributed by atoms with Crippen LogP contribution in [0.3, 0.4) is 0 Å². The highest BCUT2D eigenvalue weighted by atomic mass is 19.1. The Kier molecular flexibility index (Phi) is 7.67. The van der Waals surface area contributed by atoms with Crippen molar-refractivity contribution in [3.8, 4) is 0 Å². The molecule has 1 fully saturated rings. The van der Waals surface area contributed by atoms with E-state index in [1.807, 2.05) is 11.0 Å². The average molecular weight is 416 g/mol. The van der Waals surface area contributed by atoms with Crippen molar-refractivity contribution in [1.29, 1.82) is 0 Å². The van der Waals surface area contributed by atoms with Crippen molar-refractivity contribution in [3.05, 3.63) is 59.7 Å². The van der Waals surface area contributed by atoms with Gasteiger partial charge in [0.15, 0.2) is 0 Å². The van der Waals surface area contributed by atoms with Gasteiger partial charge in [-0.05, 0) is 41.7 Å². The highest BCUT2D eigenvalue weighted by Gasteiger charge is 2.36. The second kappa shape index (κ2) is 10.2. The Hall–Kier alpha value is -2.18. The monoisotopic (exact) mass is 415 g/mol. The molecule has 1 aromatic heterocycles. The summed E-state index contributed by atoms with van der Waals surface area (Å²) < 4.78 is 21.2. The number of amides is 1. The van der Waals surface area contributed by atoms with Gasteiger partial charge in [-0.15, -0.1) is 0 Å². The van der Waals surface area contributed by atoms with E-state index in [0.29, 0.717) is 19.0 Å². The fourth-order valence-electron chi connectivity index (χ4n) is 4.50. The largest absolute Gasteiger partial charge is 0.375 e. The second-order valence-corrected chi connectivity index (χ2v) is 8.85. The molecular formula is C24H34FN3O2. The average Bonchev–Trinajstić information content (AvgIpc) is 3.27. The molecule has 0 saturated carbocycles. The summed E-state index contributed by atoms with van der Waals surface area (Å²) in [6.07, 6.45) is 2.06. The first kappa shape index (κ1) is 22.5. The summed E-state index contributed by atoms with van der Waals surface area (Å²) in [4.78, 5) is 17.0. The van der Waals surface area contributed by atoms with Crippen LogP contribution in [0.15, 0.2) is 42.6 Å². The molecule has 1 aliphatic rings. The summed E-state index contributed by atoms with van der Waals surface area (Å²) in [7, 11) is 3.61. The lowest BCUT2D eigenvalue weighted by molar-refractivity contribution is -0.136. The number of aromatic nitrogens is 1. The number of halogens is 1. The third kappa shape index (κ3) is 5.70. The minimum Gasteiger partial charge on any atom is -0.375 e. The van der Waals surface area contributed by atoms with E-state index in [9.17, 15) is 9.18 Å². The van der Waals surface area contributed by atoms with Gasteiger partial charge < -0.3 is 14.2 Å². The van der Waals surface area contributed by atoms with Gasteiger partial charge in [-0.25, -0.2) is 4.39 Å². The molecule has 2 atom stereocenters. The predicted octanol–water partition coefficient (Wildman–Crippen LogP) is 3.51. The number of hydrogen-bond donors (Lipinski definition) is 0. The maximum Gasteiger partial charge on any atom is 0.248 e. The van der Waals surface area contributed by atoms with Crippen LogP contribution in [0.5, 0.6) is 0 Å². The normalized spacial score (nSPS) is 19.5. The van der Waals surface area contributed by atoms with Crippen molar-refractivity contribution in [1.82, 2.24) is 14.4 Å². The Labute approximate surface area is 179 Å². The van der Waals surface area contributed by atoms with Crippen molar-refractivity contribution in [2.45, 2.75) is 26.3 Å². The van der Waals surface area contributed by atoms with E-state index >= 15 is 0 Å². The molecule has 0 aliphatic carbocycles. The summed E-state index contributed by atoms with van der Waals surface area (Å²) in [5.74, 6) is 0.614. The lowest BCUT2D eigenvalue weighted by Crippen LogP contribution is -2.41. The van der Waals surface area contributed by atoms with Gasteiger partial charge in [-0.2, -0.15) is 0 Å².